The van der Waals surface area contributed by atoms with E-state index >= 15 is 0 Å². The van der Waals surface area contributed by atoms with Gasteiger partial charge in [0.15, 0.2) is 0 Å². The van der Waals surface area contributed by atoms with Crippen molar-refractivity contribution in [3.05, 3.63) is 0 Å². The number of hydrogen-bond donors (Lipinski definition) is 2. The summed E-state index contributed by atoms with van der Waals surface area (Å²) in [6.45, 7) is 2.01. The molecule has 1 unspecified atom stereocenters. The average molecular weight is 290 g/mol. The second kappa shape index (κ2) is 7.70. The molecule has 5 nitrogen and oxygen atoms in total. The zero-order valence-electron chi connectivity index (χ0n) is 11.5. The van der Waals surface area contributed by atoms with Crippen LogP contribution in [0.3, 0.4) is 0 Å². The smallest absolute Gasteiger partial charge is 0.242 e. The first-order chi connectivity index (χ1) is 8.72. The van der Waals surface area contributed by atoms with Gasteiger partial charge < -0.3 is 15.5 Å². The van der Waals surface area contributed by atoms with Gasteiger partial charge in [-0.25, -0.2) is 0 Å². The van der Waals surface area contributed by atoms with Gasteiger partial charge in [-0.1, -0.05) is 0 Å². The van der Waals surface area contributed by atoms with Crippen LogP contribution in [0.25, 0.3) is 0 Å². The summed E-state index contributed by atoms with van der Waals surface area (Å²) < 4.78 is 0. The Kier molecular flexibility index (Phi) is 6.58. The minimum Gasteiger partial charge on any atom is -0.357 e. The molecule has 2 rings (SSSR count). The van der Waals surface area contributed by atoms with E-state index in [-0.39, 0.29) is 30.3 Å². The lowest BCUT2D eigenvalue weighted by atomic mass is 10.0. The fraction of sp³-hybridized carbons (Fsp3) is 0.846. The molecule has 6 heteroatoms. The lowest BCUT2D eigenvalue weighted by Gasteiger charge is -2.34. The van der Waals surface area contributed by atoms with Gasteiger partial charge in [0.1, 0.15) is 6.04 Å². The summed E-state index contributed by atoms with van der Waals surface area (Å²) in [5, 5.41) is 5.85. The zero-order valence-corrected chi connectivity index (χ0v) is 12.3. The molecular weight excluding hydrogens is 266 g/mol. The molecule has 2 N–H and O–H groups in total. The van der Waals surface area contributed by atoms with E-state index in [2.05, 4.69) is 10.6 Å². The predicted octanol–water partition coefficient (Wildman–Crippen LogP) is 0.535. The molecule has 1 atom stereocenters. The lowest BCUT2D eigenvalue weighted by Crippen LogP contribution is -2.53. The highest BCUT2D eigenvalue weighted by Gasteiger charge is 2.31. The Hall–Kier alpha value is -0.810. The van der Waals surface area contributed by atoms with Crippen LogP contribution in [0.5, 0.6) is 0 Å². The van der Waals surface area contributed by atoms with Crippen molar-refractivity contribution in [3.63, 3.8) is 0 Å². The molecular formula is C13H24ClN3O2. The molecule has 0 aromatic heterocycles. The minimum absolute atomic E-state index is 0. The van der Waals surface area contributed by atoms with Crippen molar-refractivity contribution in [2.24, 2.45) is 5.92 Å². The number of likely N-dealkylation sites (tertiary alicyclic amines) is 1. The number of rotatable bonds is 5. The first kappa shape index (κ1) is 16.2. The molecule has 1 saturated carbocycles. The molecule has 1 saturated heterocycles. The third-order valence-electron chi connectivity index (χ3n) is 3.78. The molecule has 110 valence electrons. The van der Waals surface area contributed by atoms with Crippen LogP contribution < -0.4 is 10.6 Å². The molecule has 2 aliphatic rings. The maximum absolute atomic E-state index is 12.1. The van der Waals surface area contributed by atoms with Crippen molar-refractivity contribution in [1.82, 2.24) is 15.5 Å². The van der Waals surface area contributed by atoms with E-state index in [1.54, 1.807) is 11.9 Å². The van der Waals surface area contributed by atoms with Crippen molar-refractivity contribution < 1.29 is 9.59 Å². The Morgan fingerprint density at radius 3 is 2.58 bits per heavy atom. The number of carbonyl (C=O) groups is 2. The summed E-state index contributed by atoms with van der Waals surface area (Å²) in [6, 6.07) is -0.265. The van der Waals surface area contributed by atoms with Crippen molar-refractivity contribution in [2.75, 3.05) is 26.7 Å². The van der Waals surface area contributed by atoms with Crippen LogP contribution in [0.1, 0.15) is 32.1 Å². The Bertz CT molecular complexity index is 321. The summed E-state index contributed by atoms with van der Waals surface area (Å²) >= 11 is 0. The Balaban J connectivity index is 0.00000180. The lowest BCUT2D eigenvalue weighted by molar-refractivity contribution is -0.141. The Labute approximate surface area is 120 Å². The summed E-state index contributed by atoms with van der Waals surface area (Å²) in [4.78, 5) is 25.6. The van der Waals surface area contributed by atoms with Crippen LogP contribution in [-0.4, -0.2) is 49.4 Å². The third kappa shape index (κ3) is 4.66. The first-order valence-corrected chi connectivity index (χ1v) is 6.94. The third-order valence-corrected chi connectivity index (χ3v) is 3.78. The van der Waals surface area contributed by atoms with E-state index in [0.29, 0.717) is 13.1 Å². The number of nitrogens with one attached hydrogen (secondary N) is 2. The van der Waals surface area contributed by atoms with Crippen LogP contribution in [-0.2, 0) is 9.59 Å². The normalized spacial score (nSPS) is 22.6. The number of piperidine rings is 1. The molecule has 0 aromatic rings. The maximum Gasteiger partial charge on any atom is 0.242 e. The highest BCUT2D eigenvalue weighted by atomic mass is 35.5. The zero-order chi connectivity index (χ0) is 13.0. The summed E-state index contributed by atoms with van der Waals surface area (Å²) in [5.74, 6) is 0.795. The van der Waals surface area contributed by atoms with E-state index < -0.39 is 0 Å². The average Bonchev–Trinajstić information content (AvgIpc) is 3.22. The molecule has 0 bridgehead atoms. The van der Waals surface area contributed by atoms with Crippen LogP contribution in [0.4, 0.5) is 0 Å². The molecule has 1 heterocycles. The number of halogens is 1. The van der Waals surface area contributed by atoms with Gasteiger partial charge in [-0.05, 0) is 44.6 Å². The van der Waals surface area contributed by atoms with Crippen molar-refractivity contribution in [2.45, 2.75) is 38.1 Å². The number of nitrogens with zero attached hydrogens (tertiary/aromatic N) is 1. The number of likely N-dealkylation sites (N-methyl/N-ethyl adjacent to an activating group) is 1. The summed E-state index contributed by atoms with van der Waals surface area (Å²) in [6.07, 6.45) is 5.38. The van der Waals surface area contributed by atoms with E-state index in [4.69, 9.17) is 0 Å². The Morgan fingerprint density at radius 1 is 1.21 bits per heavy atom. The van der Waals surface area contributed by atoms with Crippen LogP contribution in [0, 0.1) is 5.92 Å². The van der Waals surface area contributed by atoms with Gasteiger partial charge in [0.2, 0.25) is 11.8 Å². The molecule has 1 aliphatic heterocycles. The monoisotopic (exact) mass is 289 g/mol. The van der Waals surface area contributed by atoms with Crippen molar-refractivity contribution in [1.29, 1.82) is 0 Å². The predicted molar refractivity (Wildman–Crippen MR) is 76.3 cm³/mol. The summed E-state index contributed by atoms with van der Waals surface area (Å²) in [5.41, 5.74) is 0. The van der Waals surface area contributed by atoms with E-state index in [1.165, 1.54) is 12.8 Å². The number of amides is 2. The highest BCUT2D eigenvalue weighted by Crippen LogP contribution is 2.27. The molecule has 0 spiro atoms. The van der Waals surface area contributed by atoms with Gasteiger partial charge >= 0.3 is 0 Å². The van der Waals surface area contributed by atoms with Gasteiger partial charge in [-0.3, -0.25) is 9.59 Å². The van der Waals surface area contributed by atoms with Crippen LogP contribution in [0.15, 0.2) is 0 Å². The summed E-state index contributed by atoms with van der Waals surface area (Å²) in [7, 11) is 1.63. The van der Waals surface area contributed by atoms with Crippen LogP contribution in [0.2, 0.25) is 0 Å². The fourth-order valence-corrected chi connectivity index (χ4v) is 2.48. The van der Waals surface area contributed by atoms with Gasteiger partial charge in [0.25, 0.3) is 0 Å². The molecule has 0 aromatic carbocycles. The second-order valence-electron chi connectivity index (χ2n) is 5.29. The SMILES string of the molecule is CNC(=O)C1CCCCN1C(=O)CNCC1CC1.Cl. The van der Waals surface area contributed by atoms with E-state index in [0.717, 1.165) is 31.7 Å². The van der Waals surface area contributed by atoms with Gasteiger partial charge in [-0.2, -0.15) is 0 Å². The molecule has 2 amide bonds. The van der Waals surface area contributed by atoms with Crippen LogP contribution >= 0.6 is 12.4 Å². The quantitative estimate of drug-likeness (QED) is 0.776. The Morgan fingerprint density at radius 2 is 1.95 bits per heavy atom. The molecule has 0 radical (unpaired) electrons. The molecule has 19 heavy (non-hydrogen) atoms. The fourth-order valence-electron chi connectivity index (χ4n) is 2.48. The van der Waals surface area contributed by atoms with E-state index in [9.17, 15) is 9.59 Å². The maximum atomic E-state index is 12.1. The molecule has 1 aliphatic carbocycles. The van der Waals surface area contributed by atoms with Gasteiger partial charge in [0, 0.05) is 13.6 Å². The minimum atomic E-state index is -0.265. The number of carbonyl (C=O) groups excluding carboxylic acids is 2. The largest absolute Gasteiger partial charge is 0.357 e. The van der Waals surface area contributed by atoms with Gasteiger partial charge in [0.05, 0.1) is 6.54 Å². The van der Waals surface area contributed by atoms with Gasteiger partial charge in [-0.15, -0.1) is 12.4 Å². The molecule has 2 fully saturated rings. The second-order valence-corrected chi connectivity index (χ2v) is 5.29. The van der Waals surface area contributed by atoms with Crippen molar-refractivity contribution in [3.8, 4) is 0 Å². The van der Waals surface area contributed by atoms with Crippen molar-refractivity contribution >= 4 is 24.2 Å². The number of hydrogen-bond acceptors (Lipinski definition) is 3. The van der Waals surface area contributed by atoms with E-state index in [1.807, 2.05) is 0 Å². The highest BCUT2D eigenvalue weighted by molar-refractivity contribution is 5.88. The topological polar surface area (TPSA) is 61.4 Å². The standard InChI is InChI=1S/C13H23N3O2.ClH/c1-14-13(18)11-4-2-3-7-16(11)12(17)9-15-8-10-5-6-10;/h10-11,15H,2-9H2,1H3,(H,14,18);1H. The first-order valence-electron chi connectivity index (χ1n) is 6.94.